The predicted molar refractivity (Wildman–Crippen MR) is 138 cm³/mol. The Morgan fingerprint density at radius 3 is 2.22 bits per heavy atom. The van der Waals surface area contributed by atoms with Gasteiger partial charge < -0.3 is 14.4 Å². The molecule has 2 aromatic carbocycles. The monoisotopic (exact) mass is 553 g/mol. The van der Waals surface area contributed by atoms with Crippen molar-refractivity contribution in [1.82, 2.24) is 4.90 Å². The fourth-order valence-corrected chi connectivity index (χ4v) is 6.18. The first-order valence-electron chi connectivity index (χ1n) is 12.5. The van der Waals surface area contributed by atoms with Crippen molar-refractivity contribution in [3.8, 4) is 11.5 Å². The molecule has 1 aliphatic heterocycles. The van der Waals surface area contributed by atoms with Crippen LogP contribution in [0.25, 0.3) is 0 Å². The number of ketones is 2. The van der Waals surface area contributed by atoms with Gasteiger partial charge in [-0.1, -0.05) is 18.2 Å². The van der Waals surface area contributed by atoms with Gasteiger partial charge in [0.1, 0.15) is 12.4 Å². The van der Waals surface area contributed by atoms with Crippen molar-refractivity contribution in [2.45, 2.75) is 58.0 Å². The zero-order valence-electron chi connectivity index (χ0n) is 20.5. The van der Waals surface area contributed by atoms with Gasteiger partial charge in [0.15, 0.2) is 23.1 Å². The highest BCUT2D eigenvalue weighted by atomic mass is 79.9. The van der Waals surface area contributed by atoms with E-state index in [0.29, 0.717) is 41.0 Å². The van der Waals surface area contributed by atoms with E-state index in [1.807, 2.05) is 26.1 Å². The average molecular weight is 554 g/mol. The van der Waals surface area contributed by atoms with Crippen LogP contribution in [0.3, 0.4) is 0 Å². The molecule has 3 aliphatic rings. The first-order valence-corrected chi connectivity index (χ1v) is 13.3. The fourth-order valence-electron chi connectivity index (χ4n) is 5.61. The highest BCUT2D eigenvalue weighted by Crippen LogP contribution is 2.50. The third kappa shape index (κ3) is 4.38. The molecule has 0 fully saturated rings. The van der Waals surface area contributed by atoms with Crippen molar-refractivity contribution in [3.05, 3.63) is 80.4 Å². The summed E-state index contributed by atoms with van der Waals surface area (Å²) in [6.45, 7) is 2.33. The van der Waals surface area contributed by atoms with Gasteiger partial charge in [-0.05, 0) is 72.3 Å². The molecule has 0 radical (unpaired) electrons. The Bertz CT molecular complexity index is 1250. The van der Waals surface area contributed by atoms with E-state index in [1.54, 1.807) is 18.2 Å². The van der Waals surface area contributed by atoms with Crippen LogP contribution >= 0.6 is 15.9 Å². The second-order valence-corrected chi connectivity index (χ2v) is 10.3. The maximum atomic E-state index is 14.2. The highest BCUT2D eigenvalue weighted by Gasteiger charge is 2.42. The molecular weight excluding hydrogens is 525 g/mol. The van der Waals surface area contributed by atoms with Crippen molar-refractivity contribution < 1.29 is 23.5 Å². The van der Waals surface area contributed by atoms with E-state index in [4.69, 9.17) is 9.47 Å². The van der Waals surface area contributed by atoms with Crippen LogP contribution in [0.15, 0.2) is 63.4 Å². The average Bonchev–Trinajstić information content (AvgIpc) is 2.86. The van der Waals surface area contributed by atoms with E-state index >= 15 is 0 Å². The molecule has 0 amide bonds. The maximum absolute atomic E-state index is 14.2. The van der Waals surface area contributed by atoms with E-state index in [2.05, 4.69) is 20.8 Å². The lowest BCUT2D eigenvalue weighted by Gasteiger charge is -2.42. The van der Waals surface area contributed by atoms with E-state index in [1.165, 1.54) is 6.07 Å². The zero-order chi connectivity index (χ0) is 25.4. The largest absolute Gasteiger partial charge is 0.490 e. The number of hydrogen-bond acceptors (Lipinski definition) is 5. The second kappa shape index (κ2) is 10.2. The summed E-state index contributed by atoms with van der Waals surface area (Å²) in [6.07, 6.45) is 4.27. The minimum Gasteiger partial charge on any atom is -0.490 e. The number of Topliss-reactive ketones (excluding diaryl/α,β-unsaturated/α-hetero) is 2. The van der Waals surface area contributed by atoms with Crippen LogP contribution in [0.2, 0.25) is 0 Å². The van der Waals surface area contributed by atoms with E-state index in [0.717, 1.165) is 53.8 Å². The van der Waals surface area contributed by atoms with Gasteiger partial charge in [0.25, 0.3) is 0 Å². The SMILES string of the molecule is CCOc1cc(C2C3=C(CCCC3=O)N(C)C3=C2C(=O)CCC3)cc(Br)c1OCc1ccccc1F. The molecule has 188 valence electrons. The molecule has 5 nitrogen and oxygen atoms in total. The Morgan fingerprint density at radius 1 is 0.972 bits per heavy atom. The summed E-state index contributed by atoms with van der Waals surface area (Å²) in [5.41, 5.74) is 4.77. The number of benzene rings is 2. The van der Waals surface area contributed by atoms with Crippen LogP contribution in [0.1, 0.15) is 62.5 Å². The van der Waals surface area contributed by atoms with Gasteiger partial charge in [-0.2, -0.15) is 0 Å². The summed E-state index contributed by atoms with van der Waals surface area (Å²) < 4.78 is 26.8. The number of ether oxygens (including phenoxy) is 2. The molecule has 0 N–H and O–H groups in total. The van der Waals surface area contributed by atoms with Gasteiger partial charge in [-0.3, -0.25) is 9.59 Å². The molecule has 36 heavy (non-hydrogen) atoms. The van der Waals surface area contributed by atoms with Crippen LogP contribution in [0.4, 0.5) is 4.39 Å². The number of hydrogen-bond donors (Lipinski definition) is 0. The highest BCUT2D eigenvalue weighted by molar-refractivity contribution is 9.10. The lowest BCUT2D eigenvalue weighted by molar-refractivity contribution is -0.117. The molecule has 0 bridgehead atoms. The van der Waals surface area contributed by atoms with Crippen molar-refractivity contribution >= 4 is 27.5 Å². The van der Waals surface area contributed by atoms with Gasteiger partial charge in [0.05, 0.1) is 11.1 Å². The summed E-state index contributed by atoms with van der Waals surface area (Å²) in [5, 5.41) is 0. The van der Waals surface area contributed by atoms with Crippen LogP contribution in [0, 0.1) is 5.82 Å². The molecule has 2 aliphatic carbocycles. The summed E-state index contributed by atoms with van der Waals surface area (Å²) in [4.78, 5) is 28.6. The lowest BCUT2D eigenvalue weighted by Crippen LogP contribution is -2.37. The van der Waals surface area contributed by atoms with Gasteiger partial charge in [0.2, 0.25) is 0 Å². The number of carbonyl (C=O) groups excluding carboxylic acids is 2. The van der Waals surface area contributed by atoms with Crippen LogP contribution < -0.4 is 9.47 Å². The van der Waals surface area contributed by atoms with Crippen molar-refractivity contribution in [2.24, 2.45) is 0 Å². The Hall–Kier alpha value is -2.93. The first kappa shape index (κ1) is 24.8. The lowest BCUT2D eigenvalue weighted by atomic mass is 9.71. The van der Waals surface area contributed by atoms with Crippen LogP contribution in [0.5, 0.6) is 11.5 Å². The summed E-state index contributed by atoms with van der Waals surface area (Å²) in [7, 11) is 1.99. The molecule has 2 aromatic rings. The fraction of sp³-hybridized carbons (Fsp3) is 0.379. The normalized spacial score (nSPS) is 18.4. The standard InChI is InChI=1S/C29H29BrFNO4/c1-3-35-25-15-18(14-19(30)29(25)36-16-17-8-4-5-9-20(17)31)26-27-21(10-6-12-23(27)33)32(2)22-11-7-13-24(34)28(22)26/h4-5,8-9,14-15,26H,3,6-7,10-13,16H2,1-2H3. The van der Waals surface area contributed by atoms with Crippen molar-refractivity contribution in [1.29, 1.82) is 0 Å². The van der Waals surface area contributed by atoms with Crippen LogP contribution in [-0.4, -0.2) is 30.1 Å². The number of carbonyl (C=O) groups is 2. The smallest absolute Gasteiger partial charge is 0.175 e. The molecule has 0 spiro atoms. The van der Waals surface area contributed by atoms with Gasteiger partial charge in [-0.15, -0.1) is 0 Å². The third-order valence-corrected chi connectivity index (χ3v) is 7.83. The molecule has 0 saturated heterocycles. The number of rotatable bonds is 6. The van der Waals surface area contributed by atoms with Crippen LogP contribution in [-0.2, 0) is 16.2 Å². The molecule has 5 rings (SSSR count). The van der Waals surface area contributed by atoms with Gasteiger partial charge >= 0.3 is 0 Å². The molecule has 0 atom stereocenters. The van der Waals surface area contributed by atoms with E-state index in [-0.39, 0.29) is 24.0 Å². The molecule has 0 aromatic heterocycles. The predicted octanol–water partition coefficient (Wildman–Crippen LogP) is 6.61. The van der Waals surface area contributed by atoms with Crippen molar-refractivity contribution in [2.75, 3.05) is 13.7 Å². The number of nitrogens with zero attached hydrogens (tertiary/aromatic N) is 1. The number of allylic oxidation sites excluding steroid dienone is 4. The minimum absolute atomic E-state index is 0.0422. The molecule has 0 saturated carbocycles. The van der Waals surface area contributed by atoms with E-state index in [9.17, 15) is 14.0 Å². The van der Waals surface area contributed by atoms with Gasteiger partial charge in [-0.25, -0.2) is 4.39 Å². The molecule has 7 heteroatoms. The third-order valence-electron chi connectivity index (χ3n) is 7.24. The molecular formula is C29H29BrFNO4. The molecule has 0 unspecified atom stereocenters. The topological polar surface area (TPSA) is 55.8 Å². The first-order chi connectivity index (χ1) is 17.4. The quantitative estimate of drug-likeness (QED) is 0.403. The maximum Gasteiger partial charge on any atom is 0.175 e. The Morgan fingerprint density at radius 2 is 1.61 bits per heavy atom. The summed E-state index contributed by atoms with van der Waals surface area (Å²) in [6, 6.07) is 10.3. The van der Waals surface area contributed by atoms with Crippen molar-refractivity contribution in [3.63, 3.8) is 0 Å². The zero-order valence-corrected chi connectivity index (χ0v) is 22.1. The van der Waals surface area contributed by atoms with E-state index < -0.39 is 5.92 Å². The summed E-state index contributed by atoms with van der Waals surface area (Å²) in [5.74, 6) is 0.403. The number of halogens is 2. The Balaban J connectivity index is 1.60. The minimum atomic E-state index is -0.428. The Labute approximate surface area is 219 Å². The van der Waals surface area contributed by atoms with Gasteiger partial charge in [0, 0.05) is 53.9 Å². The Kier molecular flexibility index (Phi) is 7.02. The summed E-state index contributed by atoms with van der Waals surface area (Å²) >= 11 is 3.63. The molecule has 1 heterocycles. The second-order valence-electron chi connectivity index (χ2n) is 9.41.